The summed E-state index contributed by atoms with van der Waals surface area (Å²) in [5, 5.41) is 64.5. The molecule has 10 heteroatoms. The van der Waals surface area contributed by atoms with Gasteiger partial charge in [0.1, 0.15) is 35.9 Å². The Morgan fingerprint density at radius 2 is 2.06 bits per heavy atom. The number of ether oxygens (including phenoxy) is 2. The van der Waals surface area contributed by atoms with Crippen molar-refractivity contribution in [1.29, 1.82) is 0 Å². The summed E-state index contributed by atoms with van der Waals surface area (Å²) in [5.74, 6) is -1.17. The predicted octanol–water partition coefficient (Wildman–Crippen LogP) is -0.208. The van der Waals surface area contributed by atoms with Crippen LogP contribution in [0.5, 0.6) is 5.75 Å². The van der Waals surface area contributed by atoms with Crippen molar-refractivity contribution in [2.24, 2.45) is 11.8 Å². The number of hydrogen-bond acceptors (Lipinski definition) is 10. The summed E-state index contributed by atoms with van der Waals surface area (Å²) < 4.78 is 10.9. The van der Waals surface area contributed by atoms with E-state index in [4.69, 9.17) is 9.47 Å². The highest BCUT2D eigenvalue weighted by Crippen LogP contribution is 2.44. The molecule has 0 aliphatic carbocycles. The number of nitrogens with zero attached hydrogens (tertiary/aromatic N) is 2. The van der Waals surface area contributed by atoms with Crippen molar-refractivity contribution in [3.63, 3.8) is 0 Å². The fourth-order valence-electron chi connectivity index (χ4n) is 6.06. The first kappa shape index (κ1) is 25.5. The molecular weight excluding hydrogens is 468 g/mol. The lowest BCUT2D eigenvalue weighted by Crippen LogP contribution is -2.63. The highest BCUT2D eigenvalue weighted by atomic mass is 16.7. The van der Waals surface area contributed by atoms with Gasteiger partial charge in [-0.25, -0.2) is 4.98 Å². The molecule has 4 aliphatic heterocycles. The second kappa shape index (κ2) is 9.62. The van der Waals surface area contributed by atoms with E-state index in [0.717, 1.165) is 25.9 Å². The van der Waals surface area contributed by atoms with Gasteiger partial charge in [-0.15, -0.1) is 6.58 Å². The van der Waals surface area contributed by atoms with Crippen molar-refractivity contribution in [1.82, 2.24) is 9.88 Å². The summed E-state index contributed by atoms with van der Waals surface area (Å²) in [4.78, 5) is 6.74. The van der Waals surface area contributed by atoms with Gasteiger partial charge >= 0.3 is 0 Å². The van der Waals surface area contributed by atoms with Gasteiger partial charge in [0.25, 0.3) is 0 Å². The van der Waals surface area contributed by atoms with Crippen LogP contribution in [0.15, 0.2) is 36.9 Å². The number of benzene rings is 1. The standard InChI is InChI=1S/C26H34N2O8/c1-3-13-11-28-7-6-14(13)8-19(28)22(30)17-10-21(27-18-5-4-15(35-2)9-16(17)18)26(34)25(33)24(32)23(31)20(12-29)36-26/h3-5,9-10,13-14,19-20,22-25,29-34H,1,6-8,11-12H2,2H3/t13?,14?,19?,20-,22-,23-,24+,25+,26+/m1/s1. The van der Waals surface area contributed by atoms with E-state index >= 15 is 0 Å². The summed E-state index contributed by atoms with van der Waals surface area (Å²) in [6, 6.07) is 6.40. The summed E-state index contributed by atoms with van der Waals surface area (Å²) in [6.45, 7) is 4.94. The Balaban J connectivity index is 1.61. The zero-order valence-corrected chi connectivity index (χ0v) is 20.1. The van der Waals surface area contributed by atoms with Crippen LogP contribution in [0, 0.1) is 11.8 Å². The molecule has 0 saturated carbocycles. The van der Waals surface area contributed by atoms with E-state index in [-0.39, 0.29) is 11.7 Å². The lowest BCUT2D eigenvalue weighted by Gasteiger charge is -2.50. The Morgan fingerprint density at radius 1 is 1.28 bits per heavy atom. The van der Waals surface area contributed by atoms with Crippen molar-refractivity contribution < 1.29 is 40.1 Å². The zero-order chi connectivity index (χ0) is 25.8. The molecule has 6 N–H and O–H groups in total. The first-order valence-electron chi connectivity index (χ1n) is 12.3. The molecule has 0 spiro atoms. The number of methoxy groups -OCH3 is 1. The SMILES string of the molecule is C=CC1CN2CCC1CC2[C@H](O)c1cc([C@]2(O)O[C@H](CO)[C@@H](O)[C@H](O)[C@@H]2O)nc2ccc(OC)cc12. The zero-order valence-electron chi connectivity index (χ0n) is 20.1. The molecule has 36 heavy (non-hydrogen) atoms. The number of aliphatic hydroxyl groups excluding tert-OH is 5. The molecule has 4 aliphatic rings. The molecule has 6 rings (SSSR count). The van der Waals surface area contributed by atoms with Crippen molar-refractivity contribution in [2.75, 3.05) is 26.8 Å². The van der Waals surface area contributed by atoms with E-state index in [9.17, 15) is 30.6 Å². The largest absolute Gasteiger partial charge is 0.497 e. The van der Waals surface area contributed by atoms with Gasteiger partial charge in [-0.05, 0) is 61.1 Å². The molecule has 0 radical (unpaired) electrons. The molecular formula is C26H34N2O8. The van der Waals surface area contributed by atoms with E-state index in [0.29, 0.717) is 34.1 Å². The van der Waals surface area contributed by atoms with Gasteiger partial charge < -0.3 is 40.1 Å². The Hall–Kier alpha value is -2.15. The van der Waals surface area contributed by atoms with Crippen LogP contribution in [0.2, 0.25) is 0 Å². The Morgan fingerprint density at radius 3 is 2.69 bits per heavy atom. The second-order valence-corrected chi connectivity index (χ2v) is 10.1. The van der Waals surface area contributed by atoms with Gasteiger partial charge in [-0.3, -0.25) is 4.90 Å². The highest BCUT2D eigenvalue weighted by molar-refractivity contribution is 5.84. The molecule has 0 amide bonds. The summed E-state index contributed by atoms with van der Waals surface area (Å²) >= 11 is 0. The average Bonchev–Trinajstić information content (AvgIpc) is 2.92. The maximum absolute atomic E-state index is 11.7. The van der Waals surface area contributed by atoms with Crippen LogP contribution in [-0.2, 0) is 10.5 Å². The topological polar surface area (TPSA) is 156 Å². The van der Waals surface area contributed by atoms with Crippen LogP contribution in [0.1, 0.15) is 30.2 Å². The molecule has 4 saturated heterocycles. The molecule has 1 aromatic carbocycles. The summed E-state index contributed by atoms with van der Waals surface area (Å²) in [7, 11) is 1.54. The average molecular weight is 503 g/mol. The predicted molar refractivity (Wildman–Crippen MR) is 129 cm³/mol. The molecule has 196 valence electrons. The number of fused-ring (bicyclic) bond motifs is 4. The fourth-order valence-corrected chi connectivity index (χ4v) is 6.06. The molecule has 10 nitrogen and oxygen atoms in total. The van der Waals surface area contributed by atoms with E-state index in [1.165, 1.54) is 13.2 Å². The first-order chi connectivity index (χ1) is 17.2. The number of aliphatic hydroxyl groups is 6. The highest BCUT2D eigenvalue weighted by Gasteiger charge is 2.55. The maximum Gasteiger partial charge on any atom is 0.240 e. The van der Waals surface area contributed by atoms with E-state index < -0.39 is 42.9 Å². The van der Waals surface area contributed by atoms with Gasteiger partial charge in [0.2, 0.25) is 5.79 Å². The number of hydrogen-bond donors (Lipinski definition) is 6. The lowest BCUT2D eigenvalue weighted by atomic mass is 9.73. The van der Waals surface area contributed by atoms with Crippen LogP contribution in [-0.4, -0.2) is 97.8 Å². The number of aromatic nitrogens is 1. The monoisotopic (exact) mass is 502 g/mol. The molecule has 4 fully saturated rings. The fraction of sp³-hybridized carbons (Fsp3) is 0.577. The Bertz CT molecular complexity index is 1130. The van der Waals surface area contributed by atoms with Gasteiger partial charge in [-0.2, -0.15) is 0 Å². The number of rotatable bonds is 6. The van der Waals surface area contributed by atoms with E-state index in [2.05, 4.69) is 16.5 Å². The lowest BCUT2D eigenvalue weighted by molar-refractivity contribution is -0.359. The van der Waals surface area contributed by atoms with Crippen LogP contribution < -0.4 is 4.74 Å². The number of piperidine rings is 3. The van der Waals surface area contributed by atoms with Crippen LogP contribution in [0.3, 0.4) is 0 Å². The summed E-state index contributed by atoms with van der Waals surface area (Å²) in [5.41, 5.74) is 0.728. The van der Waals surface area contributed by atoms with E-state index in [1.54, 1.807) is 18.2 Å². The van der Waals surface area contributed by atoms with Crippen LogP contribution >= 0.6 is 0 Å². The summed E-state index contributed by atoms with van der Waals surface area (Å²) in [6.07, 6.45) is -3.86. The number of pyridine rings is 1. The quantitative estimate of drug-likeness (QED) is 0.292. The van der Waals surface area contributed by atoms with Gasteiger partial charge in [0.15, 0.2) is 0 Å². The molecule has 2 aromatic rings. The Labute approximate surface area is 209 Å². The minimum absolute atomic E-state index is 0.147. The smallest absolute Gasteiger partial charge is 0.240 e. The molecule has 4 unspecified atom stereocenters. The molecule has 1 aromatic heterocycles. The normalized spacial score (nSPS) is 39.2. The van der Waals surface area contributed by atoms with E-state index in [1.807, 2.05) is 6.08 Å². The van der Waals surface area contributed by atoms with Crippen molar-refractivity contribution in [3.05, 3.63) is 48.2 Å². The Kier molecular flexibility index (Phi) is 6.81. The third-order valence-electron chi connectivity index (χ3n) is 8.22. The van der Waals surface area contributed by atoms with Crippen molar-refractivity contribution in [3.8, 4) is 5.75 Å². The van der Waals surface area contributed by atoms with Gasteiger partial charge in [-0.1, -0.05) is 6.08 Å². The molecule has 10 atom stereocenters. The molecule has 5 heterocycles. The maximum atomic E-state index is 11.7. The van der Waals surface area contributed by atoms with Gasteiger partial charge in [0.05, 0.1) is 25.3 Å². The van der Waals surface area contributed by atoms with Crippen molar-refractivity contribution >= 4 is 10.9 Å². The van der Waals surface area contributed by atoms with Crippen LogP contribution in [0.4, 0.5) is 0 Å². The molecule has 2 bridgehead atoms. The first-order valence-corrected chi connectivity index (χ1v) is 12.3. The minimum Gasteiger partial charge on any atom is -0.497 e. The third-order valence-corrected chi connectivity index (χ3v) is 8.22. The minimum atomic E-state index is -2.53. The van der Waals surface area contributed by atoms with Gasteiger partial charge in [0, 0.05) is 18.0 Å². The second-order valence-electron chi connectivity index (χ2n) is 10.1. The van der Waals surface area contributed by atoms with Crippen LogP contribution in [0.25, 0.3) is 10.9 Å². The van der Waals surface area contributed by atoms with Crippen molar-refractivity contribution in [2.45, 2.75) is 55.2 Å². The third kappa shape index (κ3) is 4.02.